The van der Waals surface area contributed by atoms with Gasteiger partial charge in [-0.05, 0) is 35.9 Å². The van der Waals surface area contributed by atoms with Crippen LogP contribution in [0, 0.1) is 0 Å². The van der Waals surface area contributed by atoms with Crippen molar-refractivity contribution in [3.05, 3.63) is 59.9 Å². The Morgan fingerprint density at radius 2 is 2.19 bits per heavy atom. The fourth-order valence-corrected chi connectivity index (χ4v) is 2.15. The summed E-state index contributed by atoms with van der Waals surface area (Å²) < 4.78 is 5.06. The number of hydrogen-bond acceptors (Lipinski definition) is 3. The third-order valence-electron chi connectivity index (χ3n) is 3.28. The number of carbonyl (C=O) groups is 1. The summed E-state index contributed by atoms with van der Waals surface area (Å²) in [7, 11) is 1.57. The number of rotatable bonds is 4. The number of H-pyrrole nitrogens is 1. The molecule has 0 unspecified atom stereocenters. The Bertz CT molecular complexity index is 780. The molecule has 3 aromatic rings. The maximum absolute atomic E-state index is 12.2. The highest BCUT2D eigenvalue weighted by Crippen LogP contribution is 2.14. The molecule has 0 atom stereocenters. The first kappa shape index (κ1) is 13.2. The van der Waals surface area contributed by atoms with Crippen molar-refractivity contribution in [3.8, 4) is 5.88 Å². The standard InChI is InChI=1S/C16H15N3O2/c1-21-15-8-11(4-6-18-15)10-19-16(20)13-2-3-14-12(9-13)5-7-17-14/h2-9,17H,10H2,1H3,(H,19,20). The molecule has 3 rings (SSSR count). The lowest BCUT2D eigenvalue weighted by atomic mass is 10.1. The lowest BCUT2D eigenvalue weighted by Crippen LogP contribution is -2.22. The second-order valence-corrected chi connectivity index (χ2v) is 4.67. The second kappa shape index (κ2) is 5.66. The Hall–Kier alpha value is -2.82. The summed E-state index contributed by atoms with van der Waals surface area (Å²) in [5.74, 6) is 0.435. The molecule has 2 N–H and O–H groups in total. The van der Waals surface area contributed by atoms with E-state index in [1.165, 1.54) is 0 Å². The number of aromatic amines is 1. The third kappa shape index (κ3) is 2.86. The first-order chi connectivity index (χ1) is 10.3. The maximum atomic E-state index is 12.2. The number of benzene rings is 1. The van der Waals surface area contributed by atoms with E-state index in [-0.39, 0.29) is 5.91 Å². The molecule has 1 aromatic carbocycles. The quantitative estimate of drug-likeness (QED) is 0.772. The number of aromatic nitrogens is 2. The van der Waals surface area contributed by atoms with Crippen LogP contribution in [-0.4, -0.2) is 23.0 Å². The molecule has 0 aliphatic rings. The molecule has 2 aromatic heterocycles. The van der Waals surface area contributed by atoms with E-state index >= 15 is 0 Å². The van der Waals surface area contributed by atoms with Gasteiger partial charge in [-0.1, -0.05) is 0 Å². The van der Waals surface area contributed by atoms with E-state index in [9.17, 15) is 4.79 Å². The van der Waals surface area contributed by atoms with Gasteiger partial charge in [-0.3, -0.25) is 4.79 Å². The van der Waals surface area contributed by atoms with Crippen LogP contribution in [0.1, 0.15) is 15.9 Å². The van der Waals surface area contributed by atoms with Gasteiger partial charge in [-0.25, -0.2) is 4.98 Å². The predicted octanol–water partition coefficient (Wildman–Crippen LogP) is 2.50. The minimum Gasteiger partial charge on any atom is -0.481 e. The number of amides is 1. The van der Waals surface area contributed by atoms with E-state index in [1.54, 1.807) is 25.4 Å². The van der Waals surface area contributed by atoms with Crippen LogP contribution in [0.3, 0.4) is 0 Å². The van der Waals surface area contributed by atoms with Crippen LogP contribution in [0.15, 0.2) is 48.8 Å². The Morgan fingerprint density at radius 1 is 1.29 bits per heavy atom. The highest BCUT2D eigenvalue weighted by atomic mass is 16.5. The summed E-state index contributed by atoms with van der Waals surface area (Å²) in [4.78, 5) is 19.3. The average Bonchev–Trinajstić information content (AvgIpc) is 3.00. The molecule has 0 aliphatic heterocycles. The largest absolute Gasteiger partial charge is 0.481 e. The molecule has 0 radical (unpaired) electrons. The monoisotopic (exact) mass is 281 g/mol. The number of ether oxygens (including phenoxy) is 1. The van der Waals surface area contributed by atoms with Gasteiger partial charge in [0.25, 0.3) is 5.91 Å². The van der Waals surface area contributed by atoms with Gasteiger partial charge in [0.15, 0.2) is 0 Å². The van der Waals surface area contributed by atoms with Crippen molar-refractivity contribution in [1.29, 1.82) is 0 Å². The Morgan fingerprint density at radius 3 is 3.05 bits per heavy atom. The number of methoxy groups -OCH3 is 1. The summed E-state index contributed by atoms with van der Waals surface area (Å²) >= 11 is 0. The molecule has 5 nitrogen and oxygen atoms in total. The van der Waals surface area contributed by atoms with Gasteiger partial charge in [0.1, 0.15) is 0 Å². The van der Waals surface area contributed by atoms with Gasteiger partial charge in [-0.15, -0.1) is 0 Å². The fourth-order valence-electron chi connectivity index (χ4n) is 2.15. The topological polar surface area (TPSA) is 67.0 Å². The summed E-state index contributed by atoms with van der Waals surface area (Å²) in [6.07, 6.45) is 3.52. The number of carbonyl (C=O) groups excluding carboxylic acids is 1. The highest BCUT2D eigenvalue weighted by Gasteiger charge is 2.07. The molecule has 0 fully saturated rings. The van der Waals surface area contributed by atoms with Gasteiger partial charge < -0.3 is 15.0 Å². The summed E-state index contributed by atoms with van der Waals surface area (Å²) in [5.41, 5.74) is 2.60. The number of hydrogen-bond donors (Lipinski definition) is 2. The van der Waals surface area contributed by atoms with Crippen LogP contribution in [0.4, 0.5) is 0 Å². The van der Waals surface area contributed by atoms with E-state index in [2.05, 4.69) is 15.3 Å². The van der Waals surface area contributed by atoms with E-state index in [0.717, 1.165) is 16.5 Å². The molecule has 5 heteroatoms. The normalized spacial score (nSPS) is 10.5. The molecule has 1 amide bonds. The van der Waals surface area contributed by atoms with Crippen LogP contribution >= 0.6 is 0 Å². The summed E-state index contributed by atoms with van der Waals surface area (Å²) in [6.45, 7) is 0.433. The molecule has 0 spiro atoms. The molecular weight excluding hydrogens is 266 g/mol. The van der Waals surface area contributed by atoms with Crippen LogP contribution in [0.5, 0.6) is 5.88 Å². The zero-order valence-corrected chi connectivity index (χ0v) is 11.6. The zero-order valence-electron chi connectivity index (χ0n) is 11.6. The number of pyridine rings is 1. The Kier molecular flexibility index (Phi) is 3.55. The molecular formula is C16H15N3O2. The first-order valence-corrected chi connectivity index (χ1v) is 6.60. The van der Waals surface area contributed by atoms with Crippen molar-refractivity contribution in [1.82, 2.24) is 15.3 Å². The van der Waals surface area contributed by atoms with Crippen molar-refractivity contribution < 1.29 is 9.53 Å². The van der Waals surface area contributed by atoms with Crippen molar-refractivity contribution in [2.24, 2.45) is 0 Å². The van der Waals surface area contributed by atoms with Crippen LogP contribution in [0.2, 0.25) is 0 Å². The lowest BCUT2D eigenvalue weighted by Gasteiger charge is -2.06. The lowest BCUT2D eigenvalue weighted by molar-refractivity contribution is 0.0951. The SMILES string of the molecule is COc1cc(CNC(=O)c2ccc3[nH]ccc3c2)ccn1. The van der Waals surface area contributed by atoms with E-state index in [1.807, 2.05) is 30.5 Å². The molecule has 106 valence electrons. The van der Waals surface area contributed by atoms with Crippen molar-refractivity contribution in [3.63, 3.8) is 0 Å². The van der Waals surface area contributed by atoms with Crippen LogP contribution in [-0.2, 0) is 6.54 Å². The van der Waals surface area contributed by atoms with Crippen molar-refractivity contribution in [2.75, 3.05) is 7.11 Å². The van der Waals surface area contributed by atoms with Crippen molar-refractivity contribution in [2.45, 2.75) is 6.54 Å². The molecule has 21 heavy (non-hydrogen) atoms. The fraction of sp³-hybridized carbons (Fsp3) is 0.125. The Labute approximate surface area is 122 Å². The highest BCUT2D eigenvalue weighted by molar-refractivity contribution is 5.98. The molecule has 2 heterocycles. The minimum atomic E-state index is -0.103. The number of nitrogens with zero attached hydrogens (tertiary/aromatic N) is 1. The van der Waals surface area contributed by atoms with E-state index in [0.29, 0.717) is 18.0 Å². The number of nitrogens with one attached hydrogen (secondary N) is 2. The van der Waals surface area contributed by atoms with Crippen LogP contribution < -0.4 is 10.1 Å². The zero-order chi connectivity index (χ0) is 14.7. The minimum absolute atomic E-state index is 0.103. The van der Waals surface area contributed by atoms with E-state index < -0.39 is 0 Å². The average molecular weight is 281 g/mol. The van der Waals surface area contributed by atoms with Gasteiger partial charge >= 0.3 is 0 Å². The predicted molar refractivity (Wildman–Crippen MR) is 80.3 cm³/mol. The molecule has 0 saturated heterocycles. The second-order valence-electron chi connectivity index (χ2n) is 4.67. The third-order valence-corrected chi connectivity index (χ3v) is 3.28. The number of fused-ring (bicyclic) bond motifs is 1. The van der Waals surface area contributed by atoms with Gasteiger partial charge in [0, 0.05) is 41.5 Å². The van der Waals surface area contributed by atoms with Gasteiger partial charge in [-0.2, -0.15) is 0 Å². The summed E-state index contributed by atoms with van der Waals surface area (Å²) in [5, 5.41) is 3.91. The van der Waals surface area contributed by atoms with Crippen molar-refractivity contribution >= 4 is 16.8 Å². The van der Waals surface area contributed by atoms with Gasteiger partial charge in [0.05, 0.1) is 7.11 Å². The molecule has 0 saturated carbocycles. The van der Waals surface area contributed by atoms with Gasteiger partial charge in [0.2, 0.25) is 5.88 Å². The maximum Gasteiger partial charge on any atom is 0.251 e. The van der Waals surface area contributed by atoms with E-state index in [4.69, 9.17) is 4.74 Å². The molecule has 0 bridgehead atoms. The Balaban J connectivity index is 1.70. The molecule has 0 aliphatic carbocycles. The summed E-state index contributed by atoms with van der Waals surface area (Å²) in [6, 6.07) is 11.2. The smallest absolute Gasteiger partial charge is 0.251 e. The van der Waals surface area contributed by atoms with Crippen LogP contribution in [0.25, 0.3) is 10.9 Å². The first-order valence-electron chi connectivity index (χ1n) is 6.60.